The maximum absolute atomic E-state index is 13.1. The molecule has 2 saturated carbocycles. The Balaban J connectivity index is 0.000000316. The number of rotatable bonds is 5. The molecular formula is C19H22BrF3N2O5S. The van der Waals surface area contributed by atoms with Crippen molar-refractivity contribution in [1.29, 1.82) is 5.26 Å². The number of ether oxygens (including phenoxy) is 1. The average molecular weight is 527 g/mol. The monoisotopic (exact) mass is 526 g/mol. The molecule has 2 N–H and O–H groups in total. The number of amides is 1. The average Bonchev–Trinajstić information content (AvgIpc) is 3.26. The second-order valence-corrected chi connectivity index (χ2v) is 10.4. The van der Waals surface area contributed by atoms with Gasteiger partial charge in [-0.05, 0) is 57.2 Å². The van der Waals surface area contributed by atoms with Gasteiger partial charge in [0.05, 0.1) is 27.9 Å². The minimum Gasteiger partial charge on any atom is -0.465 e. The Hall–Kier alpha value is -1.84. The number of alkyl halides is 3. The molecule has 1 aromatic carbocycles. The fourth-order valence-electron chi connectivity index (χ4n) is 3.32. The van der Waals surface area contributed by atoms with Crippen molar-refractivity contribution >= 4 is 31.9 Å². The van der Waals surface area contributed by atoms with Gasteiger partial charge in [-0.3, -0.25) is 0 Å². The zero-order valence-corrected chi connectivity index (χ0v) is 19.0. The highest BCUT2D eigenvalue weighted by atomic mass is 79.9. The fourth-order valence-corrected chi connectivity index (χ4v) is 5.69. The number of nitrogens with one attached hydrogen (secondary N) is 1. The normalized spacial score (nSPS) is 22.1. The molecule has 0 aromatic heterocycles. The number of hydrogen-bond acceptors (Lipinski definition) is 5. The Morgan fingerprint density at radius 2 is 2.03 bits per heavy atom. The van der Waals surface area contributed by atoms with E-state index in [1.54, 1.807) is 6.92 Å². The molecule has 1 amide bonds. The van der Waals surface area contributed by atoms with Gasteiger partial charge in [-0.2, -0.15) is 18.4 Å². The molecule has 2 fully saturated rings. The molecule has 12 heteroatoms. The summed E-state index contributed by atoms with van der Waals surface area (Å²) >= 11 is 2.95. The van der Waals surface area contributed by atoms with E-state index in [9.17, 15) is 26.4 Å². The number of carboxylic acid groups (broad SMARTS) is 1. The van der Waals surface area contributed by atoms with Crippen molar-refractivity contribution < 1.29 is 36.2 Å². The van der Waals surface area contributed by atoms with Crippen LogP contribution in [-0.2, 0) is 20.8 Å². The summed E-state index contributed by atoms with van der Waals surface area (Å²) in [5.74, 6) is 0. The van der Waals surface area contributed by atoms with E-state index < -0.39 is 43.4 Å². The van der Waals surface area contributed by atoms with E-state index in [1.807, 2.05) is 6.07 Å². The van der Waals surface area contributed by atoms with Crippen molar-refractivity contribution in [3.8, 4) is 6.07 Å². The van der Waals surface area contributed by atoms with Crippen LogP contribution in [-0.4, -0.2) is 43.1 Å². The second-order valence-electron chi connectivity index (χ2n) is 7.32. The lowest BCUT2D eigenvalue weighted by molar-refractivity contribution is -0.139. The summed E-state index contributed by atoms with van der Waals surface area (Å²) in [7, 11) is -4.04. The van der Waals surface area contributed by atoms with Crippen molar-refractivity contribution in [2.24, 2.45) is 0 Å². The van der Waals surface area contributed by atoms with Gasteiger partial charge >= 0.3 is 12.3 Å². The first-order chi connectivity index (χ1) is 14.3. The van der Waals surface area contributed by atoms with Crippen molar-refractivity contribution in [2.45, 2.75) is 67.0 Å². The predicted octanol–water partition coefficient (Wildman–Crippen LogP) is 4.51. The van der Waals surface area contributed by atoms with Gasteiger partial charge in [0.1, 0.15) is 5.54 Å². The van der Waals surface area contributed by atoms with E-state index in [0.717, 1.165) is 12.1 Å². The quantitative estimate of drug-likeness (QED) is 0.582. The first kappa shape index (κ1) is 25.4. The van der Waals surface area contributed by atoms with E-state index >= 15 is 0 Å². The summed E-state index contributed by atoms with van der Waals surface area (Å²) in [5, 5.41) is 17.8. The molecule has 2 aliphatic carbocycles. The molecule has 2 aliphatic rings. The SMILES string of the molecule is CCO[C@@H]1CC[C@H](S(=O)(=O)c2ccc(Br)cc2C(F)(F)F)C1.N#CC1(NC(=O)O)CC1. The highest BCUT2D eigenvalue weighted by molar-refractivity contribution is 9.10. The summed E-state index contributed by atoms with van der Waals surface area (Å²) in [4.78, 5) is 9.30. The van der Waals surface area contributed by atoms with Crippen LogP contribution in [0.1, 0.15) is 44.6 Å². The summed E-state index contributed by atoms with van der Waals surface area (Å²) < 4.78 is 70.2. The lowest BCUT2D eigenvalue weighted by Crippen LogP contribution is -2.33. The van der Waals surface area contributed by atoms with Gasteiger partial charge in [-0.25, -0.2) is 13.2 Å². The second kappa shape index (κ2) is 9.75. The Labute approximate surface area is 186 Å². The minimum absolute atomic E-state index is 0.192. The third-order valence-corrected chi connectivity index (χ3v) is 7.81. The summed E-state index contributed by atoms with van der Waals surface area (Å²) in [5.41, 5.74) is -1.85. The zero-order valence-electron chi connectivity index (χ0n) is 16.6. The molecule has 31 heavy (non-hydrogen) atoms. The number of benzene rings is 1. The van der Waals surface area contributed by atoms with Crippen LogP contribution in [0.2, 0.25) is 0 Å². The van der Waals surface area contributed by atoms with Crippen molar-refractivity contribution in [3.63, 3.8) is 0 Å². The van der Waals surface area contributed by atoms with Crippen LogP contribution in [0, 0.1) is 11.3 Å². The lowest BCUT2D eigenvalue weighted by atomic mass is 10.2. The third kappa shape index (κ3) is 6.57. The van der Waals surface area contributed by atoms with Gasteiger partial charge in [-0.15, -0.1) is 0 Å². The standard InChI is InChI=1S/C14H16BrF3O3S.C5H6N2O2/c1-2-21-10-4-5-11(8-10)22(19,20)13-6-3-9(15)7-12(13)14(16,17)18;6-3-5(1-2-5)7-4(8)9/h3,6-7,10-11H,2,4-5,8H2,1H3;7H,1-2H2,(H,8,9)/t10-,11+;/m1./s1. The number of carbonyl (C=O) groups is 1. The molecule has 7 nitrogen and oxygen atoms in total. The molecule has 3 rings (SSSR count). The minimum atomic E-state index is -4.72. The van der Waals surface area contributed by atoms with Crippen LogP contribution < -0.4 is 5.32 Å². The number of nitriles is 1. The van der Waals surface area contributed by atoms with E-state index in [4.69, 9.17) is 15.1 Å². The molecule has 172 valence electrons. The largest absolute Gasteiger partial charge is 0.465 e. The molecule has 0 radical (unpaired) electrons. The lowest BCUT2D eigenvalue weighted by Gasteiger charge is -2.17. The summed E-state index contributed by atoms with van der Waals surface area (Å²) in [6, 6.07) is 5.04. The maximum atomic E-state index is 13.1. The van der Waals surface area contributed by atoms with Gasteiger partial charge in [0.2, 0.25) is 0 Å². The number of halogens is 4. The molecule has 1 aromatic rings. The molecule has 0 bridgehead atoms. The highest BCUT2D eigenvalue weighted by Crippen LogP contribution is 2.40. The van der Waals surface area contributed by atoms with Crippen LogP contribution in [0.15, 0.2) is 27.6 Å². The Morgan fingerprint density at radius 3 is 2.48 bits per heavy atom. The maximum Gasteiger partial charge on any atom is 0.417 e. The molecule has 0 heterocycles. The van der Waals surface area contributed by atoms with E-state index in [1.165, 1.54) is 6.07 Å². The summed E-state index contributed by atoms with van der Waals surface area (Å²) in [6.45, 7) is 2.27. The van der Waals surface area contributed by atoms with Crippen LogP contribution in [0.5, 0.6) is 0 Å². The smallest absolute Gasteiger partial charge is 0.417 e. The van der Waals surface area contributed by atoms with E-state index in [-0.39, 0.29) is 17.0 Å². The molecule has 0 saturated heterocycles. The Kier molecular flexibility index (Phi) is 7.99. The third-order valence-electron chi connectivity index (χ3n) is 5.04. The number of hydrogen-bond donors (Lipinski definition) is 2. The van der Waals surface area contributed by atoms with Crippen molar-refractivity contribution in [2.75, 3.05) is 6.61 Å². The Bertz CT molecular complexity index is 958. The first-order valence-electron chi connectivity index (χ1n) is 9.49. The fraction of sp³-hybridized carbons (Fsp3) is 0.579. The zero-order chi connectivity index (χ0) is 23.4. The molecule has 0 unspecified atom stereocenters. The van der Waals surface area contributed by atoms with Gasteiger partial charge in [-0.1, -0.05) is 15.9 Å². The molecule has 2 atom stereocenters. The first-order valence-corrected chi connectivity index (χ1v) is 11.8. The van der Waals surface area contributed by atoms with Crippen LogP contribution >= 0.6 is 15.9 Å². The summed E-state index contributed by atoms with van der Waals surface area (Å²) in [6.07, 6.45) is -3.63. The highest BCUT2D eigenvalue weighted by Gasteiger charge is 2.45. The topological polar surface area (TPSA) is 116 Å². The van der Waals surface area contributed by atoms with Crippen LogP contribution in [0.4, 0.5) is 18.0 Å². The molecule has 0 spiro atoms. The van der Waals surface area contributed by atoms with Crippen LogP contribution in [0.3, 0.4) is 0 Å². The van der Waals surface area contributed by atoms with Crippen molar-refractivity contribution in [3.05, 3.63) is 28.2 Å². The van der Waals surface area contributed by atoms with E-state index in [2.05, 4.69) is 21.2 Å². The molecular weight excluding hydrogens is 505 g/mol. The predicted molar refractivity (Wildman–Crippen MR) is 108 cm³/mol. The number of sulfone groups is 1. The van der Waals surface area contributed by atoms with Gasteiger partial charge in [0.25, 0.3) is 0 Å². The van der Waals surface area contributed by atoms with Gasteiger partial charge in [0, 0.05) is 11.1 Å². The van der Waals surface area contributed by atoms with E-state index in [0.29, 0.717) is 32.3 Å². The number of nitrogens with zero attached hydrogens (tertiary/aromatic N) is 1. The Morgan fingerprint density at radius 1 is 1.39 bits per heavy atom. The van der Waals surface area contributed by atoms with Crippen molar-refractivity contribution in [1.82, 2.24) is 5.32 Å². The van der Waals surface area contributed by atoms with Gasteiger partial charge < -0.3 is 15.2 Å². The van der Waals surface area contributed by atoms with Gasteiger partial charge in [0.15, 0.2) is 9.84 Å². The molecule has 0 aliphatic heterocycles. The van der Waals surface area contributed by atoms with Crippen LogP contribution in [0.25, 0.3) is 0 Å².